The zero-order valence-corrected chi connectivity index (χ0v) is 32.0. The molecule has 266 valence electrons. The molecule has 0 spiro atoms. The van der Waals surface area contributed by atoms with Crippen LogP contribution in [0.4, 0.5) is 0 Å². The molecule has 0 heterocycles. The Morgan fingerprint density at radius 2 is 0.684 bits per heavy atom. The third-order valence-electron chi connectivity index (χ3n) is 13.0. The summed E-state index contributed by atoms with van der Waals surface area (Å²) in [6, 6.07) is 72.5. The lowest BCUT2D eigenvalue weighted by molar-refractivity contribution is 0.672. The molecule has 0 aromatic heterocycles. The Kier molecular flexibility index (Phi) is 6.78. The molecule has 0 radical (unpaired) electrons. The van der Waals surface area contributed by atoms with Crippen LogP contribution in [0.3, 0.4) is 0 Å². The average Bonchev–Trinajstić information content (AvgIpc) is 3.51. The lowest BCUT2D eigenvalue weighted by Crippen LogP contribution is -2.16. The van der Waals surface area contributed by atoms with Gasteiger partial charge in [0, 0.05) is 5.41 Å². The van der Waals surface area contributed by atoms with E-state index < -0.39 is 0 Å². The molecular formula is C57H38. The van der Waals surface area contributed by atoms with E-state index in [0.717, 1.165) is 0 Å². The maximum atomic E-state index is 2.55. The van der Waals surface area contributed by atoms with E-state index in [1.54, 1.807) is 0 Å². The van der Waals surface area contributed by atoms with Gasteiger partial charge in [-0.3, -0.25) is 0 Å². The van der Waals surface area contributed by atoms with Crippen LogP contribution in [0.5, 0.6) is 0 Å². The van der Waals surface area contributed by atoms with E-state index in [1.807, 2.05) is 0 Å². The Morgan fingerprint density at radius 1 is 0.263 bits per heavy atom. The second-order valence-electron chi connectivity index (χ2n) is 16.3. The number of hydrogen-bond acceptors (Lipinski definition) is 0. The van der Waals surface area contributed by atoms with E-state index >= 15 is 0 Å². The van der Waals surface area contributed by atoms with Gasteiger partial charge >= 0.3 is 0 Å². The van der Waals surface area contributed by atoms with Crippen LogP contribution in [0.15, 0.2) is 194 Å². The van der Waals surface area contributed by atoms with Gasteiger partial charge in [-0.15, -0.1) is 0 Å². The van der Waals surface area contributed by atoms with E-state index in [0.29, 0.717) is 0 Å². The molecule has 0 aliphatic heterocycles. The van der Waals surface area contributed by atoms with Gasteiger partial charge in [0.1, 0.15) is 0 Å². The van der Waals surface area contributed by atoms with Gasteiger partial charge in [0.25, 0.3) is 0 Å². The lowest BCUT2D eigenvalue weighted by Gasteiger charge is -2.26. The van der Waals surface area contributed by atoms with Crippen molar-refractivity contribution in [3.63, 3.8) is 0 Å². The molecule has 12 rings (SSSR count). The molecule has 0 fully saturated rings. The van der Waals surface area contributed by atoms with Crippen LogP contribution in [0, 0.1) is 0 Å². The number of hydrogen-bond donors (Lipinski definition) is 0. The fraction of sp³-hybridized carbons (Fsp3) is 0.0526. The first-order valence-electron chi connectivity index (χ1n) is 20.1. The number of benzene rings is 11. The second kappa shape index (κ2) is 12.0. The average molecular weight is 723 g/mol. The summed E-state index contributed by atoms with van der Waals surface area (Å²) in [4.78, 5) is 0. The highest BCUT2D eigenvalue weighted by Crippen LogP contribution is 2.58. The minimum Gasteiger partial charge on any atom is -0.0616 e. The summed E-state index contributed by atoms with van der Waals surface area (Å²) < 4.78 is 0. The first kappa shape index (κ1) is 32.2. The summed E-state index contributed by atoms with van der Waals surface area (Å²) >= 11 is 0. The Morgan fingerprint density at radius 3 is 1.30 bits per heavy atom. The molecule has 1 aliphatic rings. The van der Waals surface area contributed by atoms with Crippen molar-refractivity contribution in [3.05, 3.63) is 205 Å². The summed E-state index contributed by atoms with van der Waals surface area (Å²) in [7, 11) is 0. The summed E-state index contributed by atoms with van der Waals surface area (Å²) in [6.45, 7) is 4.88. The highest BCUT2D eigenvalue weighted by atomic mass is 14.4. The van der Waals surface area contributed by atoms with Crippen LogP contribution >= 0.6 is 0 Å². The maximum Gasteiger partial charge on any atom is 0.0171 e. The minimum absolute atomic E-state index is 0.195. The largest absolute Gasteiger partial charge is 0.0616 e. The third kappa shape index (κ3) is 4.56. The molecule has 0 saturated carbocycles. The molecule has 57 heavy (non-hydrogen) atoms. The molecule has 0 nitrogen and oxygen atoms in total. The second-order valence-corrected chi connectivity index (χ2v) is 16.3. The highest BCUT2D eigenvalue weighted by molar-refractivity contribution is 6.26. The molecule has 0 amide bonds. The predicted molar refractivity (Wildman–Crippen MR) is 245 cm³/mol. The van der Waals surface area contributed by atoms with Crippen molar-refractivity contribution in [2.45, 2.75) is 19.3 Å². The van der Waals surface area contributed by atoms with Gasteiger partial charge < -0.3 is 0 Å². The number of fused-ring (bicyclic) bond motifs is 13. The normalized spacial score (nSPS) is 13.2. The van der Waals surface area contributed by atoms with E-state index in [9.17, 15) is 0 Å². The van der Waals surface area contributed by atoms with Gasteiger partial charge in [-0.25, -0.2) is 0 Å². The quantitative estimate of drug-likeness (QED) is 0.126. The Labute approximate surface area is 332 Å². The van der Waals surface area contributed by atoms with Crippen LogP contribution in [0.2, 0.25) is 0 Å². The Hall–Kier alpha value is -7.02. The van der Waals surface area contributed by atoms with Gasteiger partial charge in [0.2, 0.25) is 0 Å². The highest BCUT2D eigenvalue weighted by Gasteiger charge is 2.40. The van der Waals surface area contributed by atoms with Gasteiger partial charge in [0.05, 0.1) is 0 Å². The van der Waals surface area contributed by atoms with E-state index in [-0.39, 0.29) is 5.41 Å². The summed E-state index contributed by atoms with van der Waals surface area (Å²) in [5.74, 6) is 0. The molecular weight excluding hydrogens is 685 g/mol. The summed E-state index contributed by atoms with van der Waals surface area (Å²) in [6.07, 6.45) is 0. The van der Waals surface area contributed by atoms with Gasteiger partial charge in [-0.2, -0.15) is 0 Å². The van der Waals surface area contributed by atoms with Crippen molar-refractivity contribution in [1.29, 1.82) is 0 Å². The first-order chi connectivity index (χ1) is 28.1. The van der Waals surface area contributed by atoms with Crippen LogP contribution in [0.25, 0.3) is 109 Å². The fourth-order valence-electron chi connectivity index (χ4n) is 10.6. The molecule has 11 aromatic carbocycles. The van der Waals surface area contributed by atoms with Crippen LogP contribution in [0.1, 0.15) is 25.0 Å². The molecule has 0 unspecified atom stereocenters. The van der Waals surface area contributed by atoms with Crippen molar-refractivity contribution in [3.8, 4) is 44.5 Å². The zero-order chi connectivity index (χ0) is 37.8. The van der Waals surface area contributed by atoms with Crippen molar-refractivity contribution in [2.75, 3.05) is 0 Å². The SMILES string of the molecule is CC1(C)c2c(cc(-c3c4ccccc4c(-c4ccc(-c5ccc6ccccc6c5)cc4)c4ccccc34)c3ccccc23)-c2c1c1ccccc1c1ccccc21. The van der Waals surface area contributed by atoms with Crippen molar-refractivity contribution in [1.82, 2.24) is 0 Å². The first-order valence-corrected chi connectivity index (χ1v) is 20.1. The van der Waals surface area contributed by atoms with E-state index in [2.05, 4.69) is 208 Å². The van der Waals surface area contributed by atoms with Crippen molar-refractivity contribution >= 4 is 64.6 Å². The minimum atomic E-state index is -0.195. The summed E-state index contributed by atoms with van der Waals surface area (Å²) in [5.41, 5.74) is 13.0. The third-order valence-corrected chi connectivity index (χ3v) is 13.0. The molecule has 11 aromatic rings. The van der Waals surface area contributed by atoms with E-state index in [1.165, 1.54) is 120 Å². The standard InChI is InChI=1S/C57H38/c1-57(2)55-48-25-13-7-19-42(48)50(34-51(55)54-43-20-8-5-17-40(43)41-18-6-14-26-49(41)56(54)57)53-46-23-11-9-21-44(46)52(45-22-10-12-24-47(45)53)37-30-27-36(28-31-37)39-32-29-35-15-3-4-16-38(35)33-39/h3-34H,1-2H3. The van der Waals surface area contributed by atoms with Crippen molar-refractivity contribution < 1.29 is 0 Å². The summed E-state index contributed by atoms with van der Waals surface area (Å²) in [5, 5.41) is 15.6. The Bertz CT molecular complexity index is 3410. The lowest BCUT2D eigenvalue weighted by atomic mass is 9.77. The van der Waals surface area contributed by atoms with Gasteiger partial charge in [0.15, 0.2) is 0 Å². The smallest absolute Gasteiger partial charge is 0.0171 e. The fourth-order valence-corrected chi connectivity index (χ4v) is 10.6. The van der Waals surface area contributed by atoms with Crippen LogP contribution in [-0.4, -0.2) is 0 Å². The van der Waals surface area contributed by atoms with Crippen LogP contribution < -0.4 is 0 Å². The van der Waals surface area contributed by atoms with Crippen molar-refractivity contribution in [2.24, 2.45) is 0 Å². The molecule has 0 saturated heterocycles. The monoisotopic (exact) mass is 722 g/mol. The molecule has 0 atom stereocenters. The van der Waals surface area contributed by atoms with Crippen LogP contribution in [-0.2, 0) is 5.41 Å². The van der Waals surface area contributed by atoms with E-state index in [4.69, 9.17) is 0 Å². The zero-order valence-electron chi connectivity index (χ0n) is 32.0. The maximum absolute atomic E-state index is 2.55. The Balaban J connectivity index is 1.14. The topological polar surface area (TPSA) is 0 Å². The molecule has 0 bridgehead atoms. The predicted octanol–water partition coefficient (Wildman–Crippen LogP) is 15.9. The molecule has 0 heteroatoms. The molecule has 0 N–H and O–H groups in total. The molecule has 1 aliphatic carbocycles. The number of rotatable bonds is 3. The van der Waals surface area contributed by atoms with Gasteiger partial charge in [-0.05, 0) is 132 Å². The van der Waals surface area contributed by atoms with Gasteiger partial charge in [-0.1, -0.05) is 196 Å².